The predicted molar refractivity (Wildman–Crippen MR) is 40.9 cm³/mol. The molecule has 0 atom stereocenters. The minimum Gasteiger partial charge on any atom is -0.301 e. The van der Waals surface area contributed by atoms with E-state index in [0.717, 1.165) is 0 Å². The molecule has 0 aromatic rings. The van der Waals surface area contributed by atoms with Crippen LogP contribution >= 0.6 is 0 Å². The highest BCUT2D eigenvalue weighted by Crippen LogP contribution is 2.40. The summed E-state index contributed by atoms with van der Waals surface area (Å²) in [7, 11) is 1.91. The molecule has 0 N–H and O–H groups in total. The van der Waals surface area contributed by atoms with Crippen molar-refractivity contribution in [2.24, 2.45) is 0 Å². The third kappa shape index (κ3) is 1.89. The molecular formula is C8H15F2N. The Labute approximate surface area is 66.4 Å². The van der Waals surface area contributed by atoms with E-state index in [9.17, 15) is 8.78 Å². The summed E-state index contributed by atoms with van der Waals surface area (Å²) >= 11 is 0. The van der Waals surface area contributed by atoms with E-state index in [-0.39, 0.29) is 18.9 Å². The molecule has 0 aromatic carbocycles. The molecule has 0 spiro atoms. The van der Waals surface area contributed by atoms with Crippen LogP contribution in [0.3, 0.4) is 0 Å². The largest absolute Gasteiger partial charge is 0.301 e. The lowest BCUT2D eigenvalue weighted by Crippen LogP contribution is -2.51. The molecule has 1 nitrogen and oxygen atoms in total. The molecule has 0 unspecified atom stereocenters. The maximum absolute atomic E-state index is 12.4. The highest BCUT2D eigenvalue weighted by molar-refractivity contribution is 4.92. The number of hydrogen-bond donors (Lipinski definition) is 0. The molecular weight excluding hydrogens is 148 g/mol. The highest BCUT2D eigenvalue weighted by atomic mass is 19.3. The van der Waals surface area contributed by atoms with Crippen molar-refractivity contribution in [1.82, 2.24) is 4.90 Å². The molecule has 1 saturated carbocycles. The number of alkyl halides is 2. The number of nitrogens with zero attached hydrogens (tertiary/aromatic N) is 1. The molecule has 0 saturated heterocycles. The molecule has 1 aliphatic rings. The van der Waals surface area contributed by atoms with Crippen LogP contribution in [0, 0.1) is 0 Å². The van der Waals surface area contributed by atoms with Gasteiger partial charge in [0.15, 0.2) is 0 Å². The molecule has 1 aliphatic carbocycles. The van der Waals surface area contributed by atoms with Crippen LogP contribution in [0.1, 0.15) is 26.7 Å². The Morgan fingerprint density at radius 2 is 1.82 bits per heavy atom. The van der Waals surface area contributed by atoms with Gasteiger partial charge in [0.25, 0.3) is 5.92 Å². The predicted octanol–water partition coefficient (Wildman–Crippen LogP) is 2.12. The van der Waals surface area contributed by atoms with Crippen LogP contribution in [-0.2, 0) is 0 Å². The van der Waals surface area contributed by atoms with Gasteiger partial charge in [0.1, 0.15) is 0 Å². The van der Waals surface area contributed by atoms with Gasteiger partial charge in [-0.15, -0.1) is 0 Å². The molecule has 0 radical (unpaired) electrons. The van der Waals surface area contributed by atoms with Crippen molar-refractivity contribution >= 4 is 0 Å². The maximum Gasteiger partial charge on any atom is 0.251 e. The van der Waals surface area contributed by atoms with Gasteiger partial charge in [-0.25, -0.2) is 8.78 Å². The first kappa shape index (κ1) is 8.91. The van der Waals surface area contributed by atoms with Crippen LogP contribution in [0.15, 0.2) is 0 Å². The molecule has 66 valence electrons. The van der Waals surface area contributed by atoms with E-state index in [2.05, 4.69) is 0 Å². The van der Waals surface area contributed by atoms with Crippen molar-refractivity contribution in [2.75, 3.05) is 7.05 Å². The molecule has 0 heterocycles. The van der Waals surface area contributed by atoms with E-state index < -0.39 is 5.92 Å². The van der Waals surface area contributed by atoms with E-state index in [1.165, 1.54) is 0 Å². The molecule has 0 bridgehead atoms. The summed E-state index contributed by atoms with van der Waals surface area (Å²) < 4.78 is 24.8. The second-order valence-electron chi connectivity index (χ2n) is 3.68. The lowest BCUT2D eigenvalue weighted by Gasteiger charge is -2.42. The number of rotatable bonds is 2. The Balaban J connectivity index is 2.32. The molecule has 11 heavy (non-hydrogen) atoms. The summed E-state index contributed by atoms with van der Waals surface area (Å²) in [5.41, 5.74) is 0. The maximum atomic E-state index is 12.4. The van der Waals surface area contributed by atoms with E-state index >= 15 is 0 Å². The van der Waals surface area contributed by atoms with Gasteiger partial charge in [-0.05, 0) is 20.9 Å². The zero-order valence-corrected chi connectivity index (χ0v) is 7.27. The fourth-order valence-electron chi connectivity index (χ4n) is 1.34. The first-order valence-corrected chi connectivity index (χ1v) is 4.02. The van der Waals surface area contributed by atoms with Crippen molar-refractivity contribution in [2.45, 2.75) is 44.7 Å². The van der Waals surface area contributed by atoms with Crippen LogP contribution < -0.4 is 0 Å². The molecule has 3 heteroatoms. The number of halogens is 2. The Morgan fingerprint density at radius 3 is 2.09 bits per heavy atom. The fraction of sp³-hybridized carbons (Fsp3) is 1.00. The summed E-state index contributed by atoms with van der Waals surface area (Å²) in [6.45, 7) is 4.05. The standard InChI is InChI=1S/C8H15F2N/c1-6(2)11(3)7-4-8(9,10)5-7/h6-7H,4-5H2,1-3H3. The zero-order valence-electron chi connectivity index (χ0n) is 7.27. The van der Waals surface area contributed by atoms with Crippen LogP contribution in [0.2, 0.25) is 0 Å². The quantitative estimate of drug-likeness (QED) is 0.602. The Bertz CT molecular complexity index is 137. The van der Waals surface area contributed by atoms with Crippen LogP contribution in [0.5, 0.6) is 0 Å². The average molecular weight is 163 g/mol. The van der Waals surface area contributed by atoms with Crippen molar-refractivity contribution in [3.8, 4) is 0 Å². The average Bonchev–Trinajstić information content (AvgIpc) is 1.80. The fourth-order valence-corrected chi connectivity index (χ4v) is 1.34. The molecule has 1 fully saturated rings. The first-order chi connectivity index (χ1) is 4.92. The number of hydrogen-bond acceptors (Lipinski definition) is 1. The lowest BCUT2D eigenvalue weighted by atomic mass is 9.86. The lowest BCUT2D eigenvalue weighted by molar-refractivity contribution is -0.124. The second kappa shape index (κ2) is 2.70. The SMILES string of the molecule is CC(C)N(C)C1CC(F)(F)C1. The van der Waals surface area contributed by atoms with Crippen molar-refractivity contribution in [1.29, 1.82) is 0 Å². The first-order valence-electron chi connectivity index (χ1n) is 4.02. The van der Waals surface area contributed by atoms with Gasteiger partial charge in [-0.3, -0.25) is 0 Å². The smallest absolute Gasteiger partial charge is 0.251 e. The van der Waals surface area contributed by atoms with Crippen molar-refractivity contribution in [3.63, 3.8) is 0 Å². The van der Waals surface area contributed by atoms with Crippen LogP contribution in [-0.4, -0.2) is 30.0 Å². The zero-order chi connectivity index (χ0) is 8.65. The minimum atomic E-state index is -2.38. The van der Waals surface area contributed by atoms with E-state index in [0.29, 0.717) is 6.04 Å². The van der Waals surface area contributed by atoms with Crippen LogP contribution in [0.25, 0.3) is 0 Å². The summed E-state index contributed by atoms with van der Waals surface area (Å²) in [6, 6.07) is 0.473. The van der Waals surface area contributed by atoms with Gasteiger partial charge in [0, 0.05) is 24.9 Å². The monoisotopic (exact) mass is 163 g/mol. The summed E-state index contributed by atoms with van der Waals surface area (Å²) in [5, 5.41) is 0. The Morgan fingerprint density at radius 1 is 1.36 bits per heavy atom. The molecule has 0 aromatic heterocycles. The van der Waals surface area contributed by atoms with E-state index in [4.69, 9.17) is 0 Å². The minimum absolute atomic E-state index is 0.0433. The van der Waals surface area contributed by atoms with Crippen molar-refractivity contribution < 1.29 is 8.78 Å². The van der Waals surface area contributed by atoms with E-state index in [1.807, 2.05) is 25.8 Å². The van der Waals surface area contributed by atoms with Gasteiger partial charge in [0.05, 0.1) is 0 Å². The highest BCUT2D eigenvalue weighted by Gasteiger charge is 2.47. The van der Waals surface area contributed by atoms with Gasteiger partial charge in [-0.2, -0.15) is 0 Å². The van der Waals surface area contributed by atoms with Crippen molar-refractivity contribution in [3.05, 3.63) is 0 Å². The molecule has 0 aliphatic heterocycles. The van der Waals surface area contributed by atoms with E-state index in [1.54, 1.807) is 0 Å². The van der Waals surface area contributed by atoms with Gasteiger partial charge >= 0.3 is 0 Å². The van der Waals surface area contributed by atoms with Gasteiger partial charge in [-0.1, -0.05) is 0 Å². The third-order valence-electron chi connectivity index (χ3n) is 2.46. The third-order valence-corrected chi connectivity index (χ3v) is 2.46. The second-order valence-corrected chi connectivity index (χ2v) is 3.68. The molecule has 1 rings (SSSR count). The summed E-state index contributed by atoms with van der Waals surface area (Å²) in [4.78, 5) is 2.01. The van der Waals surface area contributed by atoms with Gasteiger partial charge < -0.3 is 4.90 Å². The molecule has 0 amide bonds. The summed E-state index contributed by atoms with van der Waals surface area (Å²) in [6.07, 6.45) is 0.0867. The van der Waals surface area contributed by atoms with Crippen LogP contribution in [0.4, 0.5) is 8.78 Å². The topological polar surface area (TPSA) is 3.24 Å². The Hall–Kier alpha value is -0.180. The normalized spacial score (nSPS) is 24.3. The summed E-state index contributed by atoms with van der Waals surface area (Å²) in [5.74, 6) is -2.38. The van der Waals surface area contributed by atoms with Gasteiger partial charge in [0.2, 0.25) is 0 Å². The Kier molecular flexibility index (Phi) is 2.19.